The van der Waals surface area contributed by atoms with E-state index >= 15 is 0 Å². The van der Waals surface area contributed by atoms with E-state index in [1.807, 2.05) is 12.1 Å². The van der Waals surface area contributed by atoms with Crippen molar-refractivity contribution >= 4 is 37.5 Å². The molecule has 0 unspecified atom stereocenters. The van der Waals surface area contributed by atoms with Crippen molar-refractivity contribution in [3.63, 3.8) is 0 Å². The minimum absolute atomic E-state index is 0.0248. The highest BCUT2D eigenvalue weighted by Crippen LogP contribution is 2.36. The molecule has 0 N–H and O–H groups in total. The van der Waals surface area contributed by atoms with Gasteiger partial charge in [-0.25, -0.2) is 4.98 Å². The van der Waals surface area contributed by atoms with E-state index in [1.54, 1.807) is 22.2 Å². The number of nitrogens with zero attached hydrogens (tertiary/aromatic N) is 2. The summed E-state index contributed by atoms with van der Waals surface area (Å²) >= 11 is 5.12. The molecule has 0 radical (unpaired) electrons. The van der Waals surface area contributed by atoms with Gasteiger partial charge in [-0.3, -0.25) is 9.36 Å². The van der Waals surface area contributed by atoms with Crippen LogP contribution in [0.1, 0.15) is 42.7 Å². The molecule has 0 atom stereocenters. The number of halogens is 1. The summed E-state index contributed by atoms with van der Waals surface area (Å²) in [4.78, 5) is 20.1. The zero-order valence-corrected chi connectivity index (χ0v) is 19.2. The largest absolute Gasteiger partial charge is 0.294 e. The van der Waals surface area contributed by atoms with Crippen LogP contribution in [-0.2, 0) is 13.0 Å². The average Bonchev–Trinajstić information content (AvgIpc) is 3.10. The van der Waals surface area contributed by atoms with E-state index in [4.69, 9.17) is 0 Å². The fourth-order valence-electron chi connectivity index (χ4n) is 3.56. The van der Waals surface area contributed by atoms with Gasteiger partial charge in [0.2, 0.25) is 0 Å². The number of thiophene rings is 1. The van der Waals surface area contributed by atoms with Gasteiger partial charge in [0.15, 0.2) is 0 Å². The van der Waals surface area contributed by atoms with Crippen molar-refractivity contribution in [1.29, 1.82) is 0 Å². The molecular formula is C24H23BrN2OS. The molecule has 29 heavy (non-hydrogen) atoms. The molecule has 2 heterocycles. The highest BCUT2D eigenvalue weighted by atomic mass is 79.9. The van der Waals surface area contributed by atoms with Gasteiger partial charge < -0.3 is 0 Å². The van der Waals surface area contributed by atoms with Crippen LogP contribution in [0, 0.1) is 0 Å². The van der Waals surface area contributed by atoms with Crippen molar-refractivity contribution in [3.8, 4) is 11.1 Å². The van der Waals surface area contributed by atoms with Crippen LogP contribution in [-0.4, -0.2) is 9.55 Å². The first kappa shape index (κ1) is 20.0. The Labute approximate surface area is 183 Å². The van der Waals surface area contributed by atoms with Crippen molar-refractivity contribution in [2.24, 2.45) is 0 Å². The third-order valence-electron chi connectivity index (χ3n) is 5.20. The first-order valence-corrected chi connectivity index (χ1v) is 11.4. The molecule has 5 heteroatoms. The fraction of sp³-hybridized carbons (Fsp3) is 0.250. The number of hydrogen-bond donors (Lipinski definition) is 0. The van der Waals surface area contributed by atoms with E-state index in [9.17, 15) is 4.79 Å². The molecule has 3 nitrogen and oxygen atoms in total. The lowest BCUT2D eigenvalue weighted by molar-refractivity contribution is 0.748. The van der Waals surface area contributed by atoms with Crippen LogP contribution < -0.4 is 5.56 Å². The third kappa shape index (κ3) is 3.94. The molecule has 0 spiro atoms. The van der Waals surface area contributed by atoms with Crippen LogP contribution in [0.4, 0.5) is 0 Å². The van der Waals surface area contributed by atoms with Crippen molar-refractivity contribution in [2.75, 3.05) is 0 Å². The maximum absolute atomic E-state index is 13.4. The summed E-state index contributed by atoms with van der Waals surface area (Å²) in [5, 5.41) is 0.732. The Morgan fingerprint density at radius 3 is 2.38 bits per heavy atom. The predicted molar refractivity (Wildman–Crippen MR) is 126 cm³/mol. The molecule has 0 fully saturated rings. The van der Waals surface area contributed by atoms with Gasteiger partial charge in [0.05, 0.1) is 18.3 Å². The lowest BCUT2D eigenvalue weighted by Gasteiger charge is -2.09. The summed E-state index contributed by atoms with van der Waals surface area (Å²) in [6, 6.07) is 16.7. The molecule has 148 valence electrons. The fourth-order valence-corrected chi connectivity index (χ4v) is 4.92. The van der Waals surface area contributed by atoms with Gasteiger partial charge in [-0.2, -0.15) is 0 Å². The van der Waals surface area contributed by atoms with Gasteiger partial charge in [0.1, 0.15) is 4.83 Å². The third-order valence-corrected chi connectivity index (χ3v) is 6.98. The van der Waals surface area contributed by atoms with Gasteiger partial charge in [0.25, 0.3) is 5.56 Å². The van der Waals surface area contributed by atoms with Gasteiger partial charge in [-0.1, -0.05) is 73.1 Å². The summed E-state index contributed by atoms with van der Waals surface area (Å²) < 4.78 is 2.75. The molecule has 0 aliphatic heterocycles. The minimum atomic E-state index is 0.0248. The summed E-state index contributed by atoms with van der Waals surface area (Å²) in [6.07, 6.45) is 2.56. The lowest BCUT2D eigenvalue weighted by atomic mass is 10.0. The first-order valence-electron chi connectivity index (χ1n) is 9.83. The molecule has 0 saturated heterocycles. The number of hydrogen-bond acceptors (Lipinski definition) is 3. The second-order valence-corrected chi connectivity index (χ2v) is 9.51. The Kier molecular flexibility index (Phi) is 5.70. The maximum atomic E-state index is 13.4. The Morgan fingerprint density at radius 2 is 1.76 bits per heavy atom. The highest BCUT2D eigenvalue weighted by Gasteiger charge is 2.18. The highest BCUT2D eigenvalue weighted by molar-refractivity contribution is 9.10. The SMILES string of the molecule is CCc1sc2ncn(Cc3ccc(C(C)C)cc3)c(=O)c2c1-c1ccc(Br)cc1. The van der Waals surface area contributed by atoms with Crippen LogP contribution in [0.15, 0.2) is 64.1 Å². The molecule has 0 amide bonds. The van der Waals surface area contributed by atoms with Gasteiger partial charge in [-0.05, 0) is 41.2 Å². The normalized spacial score (nSPS) is 11.5. The van der Waals surface area contributed by atoms with Gasteiger partial charge in [-0.15, -0.1) is 11.3 Å². The van der Waals surface area contributed by atoms with Gasteiger partial charge in [0, 0.05) is 14.9 Å². The molecule has 2 aromatic carbocycles. The first-order chi connectivity index (χ1) is 14.0. The van der Waals surface area contributed by atoms with Crippen LogP contribution in [0.25, 0.3) is 21.3 Å². The van der Waals surface area contributed by atoms with Crippen molar-refractivity contribution < 1.29 is 0 Å². The smallest absolute Gasteiger partial charge is 0.263 e. The lowest BCUT2D eigenvalue weighted by Crippen LogP contribution is -2.21. The van der Waals surface area contributed by atoms with Crippen molar-refractivity contribution in [1.82, 2.24) is 9.55 Å². The van der Waals surface area contributed by atoms with E-state index in [0.29, 0.717) is 12.5 Å². The Morgan fingerprint density at radius 1 is 1.07 bits per heavy atom. The number of benzene rings is 2. The zero-order valence-electron chi connectivity index (χ0n) is 16.8. The summed E-state index contributed by atoms with van der Waals surface area (Å²) in [5.41, 5.74) is 4.53. The number of fused-ring (bicyclic) bond motifs is 1. The molecular weight excluding hydrogens is 444 g/mol. The van der Waals surface area contributed by atoms with Crippen LogP contribution in [0.2, 0.25) is 0 Å². The Bertz CT molecular complexity index is 1200. The Balaban J connectivity index is 1.81. The number of aromatic nitrogens is 2. The van der Waals surface area contributed by atoms with Crippen LogP contribution in [0.5, 0.6) is 0 Å². The van der Waals surface area contributed by atoms with Crippen molar-refractivity contribution in [3.05, 3.63) is 85.7 Å². The molecule has 2 aromatic heterocycles. The average molecular weight is 467 g/mol. The quantitative estimate of drug-likeness (QED) is 0.331. The molecule has 4 rings (SSSR count). The Hall–Kier alpha value is -2.24. The van der Waals surface area contributed by atoms with E-state index in [2.05, 4.69) is 78.1 Å². The topological polar surface area (TPSA) is 34.9 Å². The van der Waals surface area contributed by atoms with E-state index < -0.39 is 0 Å². The second-order valence-electron chi connectivity index (χ2n) is 7.51. The summed E-state index contributed by atoms with van der Waals surface area (Å²) in [5.74, 6) is 0.497. The number of rotatable bonds is 5. The molecule has 0 aliphatic carbocycles. The van der Waals surface area contributed by atoms with E-state index in [-0.39, 0.29) is 5.56 Å². The summed E-state index contributed by atoms with van der Waals surface area (Å²) in [7, 11) is 0. The van der Waals surface area contributed by atoms with E-state index in [1.165, 1.54) is 10.4 Å². The minimum Gasteiger partial charge on any atom is -0.294 e. The monoisotopic (exact) mass is 466 g/mol. The number of aryl methyl sites for hydroxylation is 1. The molecule has 4 aromatic rings. The summed E-state index contributed by atoms with van der Waals surface area (Å²) in [6.45, 7) is 7.02. The van der Waals surface area contributed by atoms with Crippen molar-refractivity contribution in [2.45, 2.75) is 39.7 Å². The van der Waals surface area contributed by atoms with Crippen LogP contribution in [0.3, 0.4) is 0 Å². The van der Waals surface area contributed by atoms with Crippen LogP contribution >= 0.6 is 27.3 Å². The van der Waals surface area contributed by atoms with Gasteiger partial charge >= 0.3 is 0 Å². The zero-order chi connectivity index (χ0) is 20.5. The molecule has 0 bridgehead atoms. The second kappa shape index (κ2) is 8.25. The molecule has 0 aliphatic rings. The molecule has 0 saturated carbocycles. The van der Waals surface area contributed by atoms with E-state index in [0.717, 1.165) is 37.8 Å². The standard InChI is InChI=1S/C24H23BrN2OS/c1-4-20-21(18-9-11-19(25)12-10-18)22-23(29-20)26-14-27(24(22)28)13-16-5-7-17(8-6-16)15(2)3/h5-12,14-15H,4,13H2,1-3H3. The maximum Gasteiger partial charge on any atom is 0.263 e. The predicted octanol–water partition coefficient (Wildman–Crippen LogP) is 6.62.